The number of carbonyl (C=O) groups is 1. The highest BCUT2D eigenvalue weighted by atomic mass is 19.4. The molecule has 118 valence electrons. The Labute approximate surface area is 115 Å². The van der Waals surface area contributed by atoms with Gasteiger partial charge < -0.3 is 9.84 Å². The number of alkyl halides is 6. The van der Waals surface area contributed by atoms with Crippen LogP contribution in [0.25, 0.3) is 0 Å². The van der Waals surface area contributed by atoms with Gasteiger partial charge in [-0.2, -0.15) is 26.3 Å². The number of hydrogen-bond donors (Lipinski definition) is 1. The minimum absolute atomic E-state index is 0.0443. The Morgan fingerprint density at radius 1 is 1.10 bits per heavy atom. The van der Waals surface area contributed by atoms with Crippen molar-refractivity contribution in [1.82, 2.24) is 0 Å². The Kier molecular flexibility index (Phi) is 4.75. The third-order valence-electron chi connectivity index (χ3n) is 2.47. The molecule has 0 saturated carbocycles. The number of hydrogen-bond acceptors (Lipinski definition) is 3. The first-order chi connectivity index (χ1) is 9.46. The molecule has 0 aromatic heterocycles. The molecule has 0 fully saturated rings. The van der Waals surface area contributed by atoms with Crippen molar-refractivity contribution in [3.05, 3.63) is 28.8 Å². The summed E-state index contributed by atoms with van der Waals surface area (Å²) in [5.74, 6) is -2.01. The van der Waals surface area contributed by atoms with Gasteiger partial charge in [0.1, 0.15) is 5.75 Å². The first-order valence-corrected chi connectivity index (χ1v) is 5.62. The third kappa shape index (κ3) is 4.27. The molecular weight excluding hydrogens is 306 g/mol. The summed E-state index contributed by atoms with van der Waals surface area (Å²) in [6.45, 7) is 1.40. The smallest absolute Gasteiger partial charge is 0.417 e. The fourth-order valence-corrected chi connectivity index (χ4v) is 1.61. The van der Waals surface area contributed by atoms with Gasteiger partial charge in [-0.3, -0.25) is 4.79 Å². The van der Waals surface area contributed by atoms with E-state index < -0.39 is 47.2 Å². The summed E-state index contributed by atoms with van der Waals surface area (Å²) in [6, 6.07) is 0.0620. The average molecular weight is 316 g/mol. The molecule has 9 heteroatoms. The van der Waals surface area contributed by atoms with Gasteiger partial charge in [-0.05, 0) is 19.1 Å². The Balaban J connectivity index is 3.35. The van der Waals surface area contributed by atoms with Gasteiger partial charge >= 0.3 is 18.3 Å². The lowest BCUT2D eigenvalue weighted by atomic mass is 10.00. The molecule has 0 unspecified atom stereocenters. The lowest BCUT2D eigenvalue weighted by molar-refractivity contribution is -0.162. The number of rotatable bonds is 3. The Morgan fingerprint density at radius 2 is 1.57 bits per heavy atom. The number of ether oxygens (including phenoxy) is 1. The monoisotopic (exact) mass is 316 g/mol. The molecule has 0 atom stereocenters. The van der Waals surface area contributed by atoms with Crippen molar-refractivity contribution in [2.24, 2.45) is 0 Å². The van der Waals surface area contributed by atoms with Crippen LogP contribution in [0, 0.1) is 0 Å². The number of phenols is 1. The zero-order valence-electron chi connectivity index (χ0n) is 10.6. The molecule has 0 bridgehead atoms. The van der Waals surface area contributed by atoms with Crippen molar-refractivity contribution in [1.29, 1.82) is 0 Å². The van der Waals surface area contributed by atoms with Crippen LogP contribution in [-0.4, -0.2) is 17.7 Å². The van der Waals surface area contributed by atoms with Crippen LogP contribution in [0.1, 0.15) is 23.6 Å². The van der Waals surface area contributed by atoms with Gasteiger partial charge in [0.25, 0.3) is 0 Å². The van der Waals surface area contributed by atoms with E-state index in [2.05, 4.69) is 4.74 Å². The lowest BCUT2D eigenvalue weighted by Gasteiger charge is -2.17. The summed E-state index contributed by atoms with van der Waals surface area (Å²) in [4.78, 5) is 11.2. The quantitative estimate of drug-likeness (QED) is 0.685. The van der Waals surface area contributed by atoms with E-state index in [9.17, 15) is 36.2 Å². The number of benzene rings is 1. The van der Waals surface area contributed by atoms with Crippen molar-refractivity contribution < 1.29 is 41.0 Å². The second-order valence-electron chi connectivity index (χ2n) is 4.00. The van der Waals surface area contributed by atoms with Crippen molar-refractivity contribution in [2.45, 2.75) is 25.7 Å². The molecule has 21 heavy (non-hydrogen) atoms. The summed E-state index contributed by atoms with van der Waals surface area (Å²) in [5.41, 5.74) is -4.57. The number of carbonyl (C=O) groups excluding carboxylic acids is 1. The van der Waals surface area contributed by atoms with Crippen molar-refractivity contribution in [2.75, 3.05) is 6.61 Å². The van der Waals surface area contributed by atoms with Crippen LogP contribution in [0.15, 0.2) is 12.1 Å². The molecule has 1 aromatic rings. The molecular formula is C12H10F6O3. The van der Waals surface area contributed by atoms with Crippen LogP contribution in [0.3, 0.4) is 0 Å². The number of aromatic hydroxyl groups is 1. The molecule has 0 spiro atoms. The summed E-state index contributed by atoms with van der Waals surface area (Å²) in [5, 5.41) is 9.39. The predicted octanol–water partition coefficient (Wildman–Crippen LogP) is 3.54. The molecule has 0 aliphatic rings. The molecule has 0 heterocycles. The number of esters is 1. The lowest BCUT2D eigenvalue weighted by Crippen LogP contribution is -2.18. The maximum atomic E-state index is 12.7. The van der Waals surface area contributed by atoms with Crippen molar-refractivity contribution in [3.63, 3.8) is 0 Å². The Hall–Kier alpha value is -1.93. The van der Waals surface area contributed by atoms with Gasteiger partial charge in [-0.1, -0.05) is 0 Å². The van der Waals surface area contributed by atoms with Crippen LogP contribution < -0.4 is 0 Å². The Morgan fingerprint density at radius 3 is 2.00 bits per heavy atom. The van der Waals surface area contributed by atoms with Crippen LogP contribution in [0.4, 0.5) is 26.3 Å². The first-order valence-electron chi connectivity index (χ1n) is 5.62. The molecule has 1 aromatic carbocycles. The van der Waals surface area contributed by atoms with Crippen LogP contribution in [0.5, 0.6) is 5.75 Å². The standard InChI is InChI=1S/C12H10F6O3/c1-2-21-10(20)4-6-3-7(11(13,14)15)8(5-9(6)19)12(16,17)18/h3,5,19H,2,4H2,1H3. The second kappa shape index (κ2) is 5.82. The van der Waals surface area contributed by atoms with Crippen molar-refractivity contribution in [3.8, 4) is 5.75 Å². The van der Waals surface area contributed by atoms with E-state index in [-0.39, 0.29) is 18.7 Å². The van der Waals surface area contributed by atoms with E-state index in [1.807, 2.05) is 0 Å². The summed E-state index contributed by atoms with van der Waals surface area (Å²) in [6.07, 6.45) is -11.3. The van der Waals surface area contributed by atoms with E-state index in [1.54, 1.807) is 0 Å². The molecule has 1 rings (SSSR count). The van der Waals surface area contributed by atoms with Crippen LogP contribution in [0.2, 0.25) is 0 Å². The van der Waals surface area contributed by atoms with Gasteiger partial charge in [0.05, 0.1) is 24.2 Å². The van der Waals surface area contributed by atoms with Gasteiger partial charge in [0.15, 0.2) is 0 Å². The topological polar surface area (TPSA) is 46.5 Å². The van der Waals surface area contributed by atoms with Crippen molar-refractivity contribution >= 4 is 5.97 Å². The molecule has 3 nitrogen and oxygen atoms in total. The van der Waals surface area contributed by atoms with E-state index in [0.717, 1.165) is 0 Å². The maximum Gasteiger partial charge on any atom is 0.417 e. The number of halogens is 6. The van der Waals surface area contributed by atoms with Gasteiger partial charge in [0.2, 0.25) is 0 Å². The average Bonchev–Trinajstić information content (AvgIpc) is 2.28. The van der Waals surface area contributed by atoms with E-state index in [4.69, 9.17) is 0 Å². The minimum atomic E-state index is -5.29. The van der Waals surface area contributed by atoms with E-state index >= 15 is 0 Å². The molecule has 0 radical (unpaired) electrons. The molecule has 0 amide bonds. The first kappa shape index (κ1) is 17.1. The maximum absolute atomic E-state index is 12.7. The summed E-state index contributed by atoms with van der Waals surface area (Å²) in [7, 11) is 0. The third-order valence-corrected chi connectivity index (χ3v) is 2.47. The number of phenolic OH excluding ortho intramolecular Hbond substituents is 1. The zero-order valence-corrected chi connectivity index (χ0v) is 10.6. The Bertz CT molecular complexity index is 533. The highest BCUT2D eigenvalue weighted by Crippen LogP contribution is 2.42. The highest BCUT2D eigenvalue weighted by Gasteiger charge is 2.43. The molecule has 0 aliphatic carbocycles. The summed E-state index contributed by atoms with van der Waals surface area (Å²) >= 11 is 0. The predicted molar refractivity (Wildman–Crippen MR) is 58.4 cm³/mol. The molecule has 0 saturated heterocycles. The SMILES string of the molecule is CCOC(=O)Cc1cc(C(F)(F)F)c(C(F)(F)F)cc1O. The fourth-order valence-electron chi connectivity index (χ4n) is 1.61. The normalized spacial score (nSPS) is 12.3. The van der Waals surface area contributed by atoms with Gasteiger partial charge in [0, 0.05) is 5.56 Å². The van der Waals surface area contributed by atoms with Crippen LogP contribution >= 0.6 is 0 Å². The fraction of sp³-hybridized carbons (Fsp3) is 0.417. The second-order valence-corrected chi connectivity index (χ2v) is 4.00. The largest absolute Gasteiger partial charge is 0.508 e. The van der Waals surface area contributed by atoms with Gasteiger partial charge in [-0.25, -0.2) is 0 Å². The molecule has 0 aliphatic heterocycles. The van der Waals surface area contributed by atoms with E-state index in [0.29, 0.717) is 0 Å². The van der Waals surface area contributed by atoms with Crippen LogP contribution in [-0.2, 0) is 28.3 Å². The minimum Gasteiger partial charge on any atom is -0.508 e. The summed E-state index contributed by atoms with van der Waals surface area (Å²) < 4.78 is 80.2. The molecule has 1 N–H and O–H groups in total. The zero-order chi connectivity index (χ0) is 16.4. The van der Waals surface area contributed by atoms with E-state index in [1.165, 1.54) is 6.92 Å². The van der Waals surface area contributed by atoms with Gasteiger partial charge in [-0.15, -0.1) is 0 Å². The highest BCUT2D eigenvalue weighted by molar-refractivity contribution is 5.73.